The minimum Gasteiger partial charge on any atom is -0.480 e. The molecule has 0 atom stereocenters. The van der Waals surface area contributed by atoms with E-state index in [0.717, 1.165) is 12.8 Å². The van der Waals surface area contributed by atoms with Crippen LogP contribution in [0.5, 0.6) is 0 Å². The van der Waals surface area contributed by atoms with E-state index >= 15 is 0 Å². The lowest BCUT2D eigenvalue weighted by Gasteiger charge is -2.20. The third-order valence-electron chi connectivity index (χ3n) is 2.70. The Kier molecular flexibility index (Phi) is 3.81. The summed E-state index contributed by atoms with van der Waals surface area (Å²) in [6.45, 7) is 0.453. The van der Waals surface area contributed by atoms with E-state index in [9.17, 15) is 9.59 Å². The Morgan fingerprint density at radius 1 is 1.56 bits per heavy atom. The lowest BCUT2D eigenvalue weighted by molar-refractivity contribution is -0.137. The molecule has 0 aliphatic heterocycles. The molecule has 0 saturated heterocycles. The fourth-order valence-corrected chi connectivity index (χ4v) is 1.60. The van der Waals surface area contributed by atoms with Gasteiger partial charge < -0.3 is 19.8 Å². The summed E-state index contributed by atoms with van der Waals surface area (Å²) < 4.78 is 4.64. The molecule has 1 aromatic heterocycles. The maximum Gasteiger partial charge on any atom is 0.323 e. The van der Waals surface area contributed by atoms with Crippen LogP contribution >= 0.6 is 0 Å². The number of aromatic nitrogens is 1. The van der Waals surface area contributed by atoms with E-state index in [4.69, 9.17) is 5.11 Å². The van der Waals surface area contributed by atoms with Crippen LogP contribution in [0.2, 0.25) is 0 Å². The second kappa shape index (κ2) is 5.52. The highest BCUT2D eigenvalue weighted by atomic mass is 16.5. The van der Waals surface area contributed by atoms with Gasteiger partial charge in [-0.25, -0.2) is 4.79 Å². The SMILES string of the molecule is O=C(O)CN(CC1CC1)C(=O)NCc1ccon1. The standard InChI is InChI=1S/C11H15N3O4/c15-10(16)7-14(6-8-1-2-8)11(17)12-5-9-3-4-18-13-9/h3-4,8H,1-2,5-7H2,(H,12,17)(H,15,16). The molecule has 2 rings (SSSR count). The second-order valence-corrected chi connectivity index (χ2v) is 4.37. The molecule has 1 aliphatic carbocycles. The number of carboxylic acid groups (broad SMARTS) is 1. The molecule has 98 valence electrons. The summed E-state index contributed by atoms with van der Waals surface area (Å²) in [4.78, 5) is 23.8. The predicted molar refractivity (Wildman–Crippen MR) is 60.7 cm³/mol. The summed E-state index contributed by atoms with van der Waals surface area (Å²) in [7, 11) is 0. The fraction of sp³-hybridized carbons (Fsp3) is 0.545. The van der Waals surface area contributed by atoms with Gasteiger partial charge in [-0.1, -0.05) is 5.16 Å². The van der Waals surface area contributed by atoms with E-state index in [2.05, 4.69) is 15.0 Å². The molecule has 7 heteroatoms. The van der Waals surface area contributed by atoms with Crippen molar-refractivity contribution in [1.29, 1.82) is 0 Å². The molecule has 2 amide bonds. The normalized spacial score (nSPS) is 14.2. The van der Waals surface area contributed by atoms with E-state index in [0.29, 0.717) is 18.2 Å². The molecule has 1 aromatic rings. The van der Waals surface area contributed by atoms with Crippen LogP contribution in [0.25, 0.3) is 0 Å². The second-order valence-electron chi connectivity index (χ2n) is 4.37. The number of nitrogens with one attached hydrogen (secondary N) is 1. The molecule has 0 bridgehead atoms. The van der Waals surface area contributed by atoms with Gasteiger partial charge in [-0.2, -0.15) is 0 Å². The molecular formula is C11H15N3O4. The Bertz CT molecular complexity index is 414. The summed E-state index contributed by atoms with van der Waals surface area (Å²) in [5.41, 5.74) is 0.602. The molecule has 0 aromatic carbocycles. The van der Waals surface area contributed by atoms with Crippen molar-refractivity contribution in [1.82, 2.24) is 15.4 Å². The molecule has 7 nitrogen and oxygen atoms in total. The lowest BCUT2D eigenvalue weighted by Crippen LogP contribution is -2.43. The van der Waals surface area contributed by atoms with Gasteiger partial charge in [0.1, 0.15) is 18.5 Å². The van der Waals surface area contributed by atoms with E-state index in [-0.39, 0.29) is 19.1 Å². The van der Waals surface area contributed by atoms with Gasteiger partial charge in [-0.05, 0) is 18.8 Å². The molecule has 1 fully saturated rings. The van der Waals surface area contributed by atoms with Crippen molar-refractivity contribution in [3.63, 3.8) is 0 Å². The minimum absolute atomic E-state index is 0.232. The average molecular weight is 253 g/mol. The van der Waals surface area contributed by atoms with E-state index in [1.807, 2.05) is 0 Å². The molecule has 0 spiro atoms. The first kappa shape index (κ1) is 12.4. The number of carbonyl (C=O) groups excluding carboxylic acids is 1. The van der Waals surface area contributed by atoms with Crippen molar-refractivity contribution in [2.24, 2.45) is 5.92 Å². The number of hydrogen-bond donors (Lipinski definition) is 2. The van der Waals surface area contributed by atoms with Crippen molar-refractivity contribution in [2.75, 3.05) is 13.1 Å². The third kappa shape index (κ3) is 3.76. The monoisotopic (exact) mass is 253 g/mol. The number of hydrogen-bond acceptors (Lipinski definition) is 4. The van der Waals surface area contributed by atoms with E-state index in [1.54, 1.807) is 6.07 Å². The van der Waals surface area contributed by atoms with Crippen LogP contribution in [-0.4, -0.2) is 40.3 Å². The summed E-state index contributed by atoms with van der Waals surface area (Å²) >= 11 is 0. The Morgan fingerprint density at radius 3 is 2.89 bits per heavy atom. The van der Waals surface area contributed by atoms with Crippen LogP contribution in [0.4, 0.5) is 4.79 Å². The Morgan fingerprint density at radius 2 is 2.33 bits per heavy atom. The Balaban J connectivity index is 1.83. The van der Waals surface area contributed by atoms with Gasteiger partial charge in [-0.15, -0.1) is 0 Å². The highest BCUT2D eigenvalue weighted by Crippen LogP contribution is 2.29. The predicted octanol–water partition coefficient (Wildman–Crippen LogP) is 0.681. The van der Waals surface area contributed by atoms with Crippen LogP contribution < -0.4 is 5.32 Å². The van der Waals surface area contributed by atoms with Crippen molar-refractivity contribution in [3.05, 3.63) is 18.0 Å². The average Bonchev–Trinajstić information content (AvgIpc) is 2.98. The number of aliphatic carboxylic acids is 1. The van der Waals surface area contributed by atoms with Gasteiger partial charge in [0, 0.05) is 12.6 Å². The van der Waals surface area contributed by atoms with Crippen LogP contribution in [-0.2, 0) is 11.3 Å². The first-order valence-corrected chi connectivity index (χ1v) is 5.79. The first-order chi connectivity index (χ1) is 8.65. The Labute approximate surface area is 104 Å². The number of rotatable bonds is 6. The van der Waals surface area contributed by atoms with E-state index < -0.39 is 5.97 Å². The minimum atomic E-state index is -1.01. The van der Waals surface area contributed by atoms with Crippen molar-refractivity contribution >= 4 is 12.0 Å². The topological polar surface area (TPSA) is 95.7 Å². The smallest absolute Gasteiger partial charge is 0.323 e. The highest BCUT2D eigenvalue weighted by Gasteiger charge is 2.27. The zero-order valence-corrected chi connectivity index (χ0v) is 9.83. The fourth-order valence-electron chi connectivity index (χ4n) is 1.60. The summed E-state index contributed by atoms with van der Waals surface area (Å²) in [5.74, 6) is -0.561. The molecule has 1 aliphatic rings. The number of carbonyl (C=O) groups is 2. The van der Waals surface area contributed by atoms with Gasteiger partial charge in [0.05, 0.1) is 6.54 Å². The molecular weight excluding hydrogens is 238 g/mol. The van der Waals surface area contributed by atoms with Crippen molar-refractivity contribution in [3.8, 4) is 0 Å². The van der Waals surface area contributed by atoms with Crippen molar-refractivity contribution < 1.29 is 19.2 Å². The summed E-state index contributed by atoms with van der Waals surface area (Å²) in [6, 6.07) is 1.26. The number of urea groups is 1. The lowest BCUT2D eigenvalue weighted by atomic mass is 10.3. The number of carboxylic acids is 1. The van der Waals surface area contributed by atoms with Crippen LogP contribution in [0.15, 0.2) is 16.9 Å². The summed E-state index contributed by atoms with van der Waals surface area (Å²) in [5, 5.41) is 15.1. The zero-order chi connectivity index (χ0) is 13.0. The van der Waals surface area contributed by atoms with Gasteiger partial charge in [-0.3, -0.25) is 4.79 Å². The van der Waals surface area contributed by atoms with Crippen LogP contribution in [0.3, 0.4) is 0 Å². The molecule has 0 unspecified atom stereocenters. The van der Waals surface area contributed by atoms with E-state index in [1.165, 1.54) is 11.2 Å². The molecule has 1 saturated carbocycles. The third-order valence-corrected chi connectivity index (χ3v) is 2.70. The maximum absolute atomic E-state index is 11.8. The molecule has 1 heterocycles. The van der Waals surface area contributed by atoms with Gasteiger partial charge in [0.15, 0.2) is 0 Å². The molecule has 18 heavy (non-hydrogen) atoms. The number of amides is 2. The van der Waals surface area contributed by atoms with Gasteiger partial charge in [0.2, 0.25) is 0 Å². The van der Waals surface area contributed by atoms with Crippen LogP contribution in [0.1, 0.15) is 18.5 Å². The number of nitrogens with zero attached hydrogens (tertiary/aromatic N) is 2. The largest absolute Gasteiger partial charge is 0.480 e. The molecule has 0 radical (unpaired) electrons. The molecule has 2 N–H and O–H groups in total. The van der Waals surface area contributed by atoms with Crippen LogP contribution in [0, 0.1) is 5.92 Å². The van der Waals surface area contributed by atoms with Gasteiger partial charge >= 0.3 is 12.0 Å². The van der Waals surface area contributed by atoms with Crippen molar-refractivity contribution in [2.45, 2.75) is 19.4 Å². The quantitative estimate of drug-likeness (QED) is 0.777. The van der Waals surface area contributed by atoms with Gasteiger partial charge in [0.25, 0.3) is 0 Å². The summed E-state index contributed by atoms with van der Waals surface area (Å²) in [6.07, 6.45) is 3.54. The zero-order valence-electron chi connectivity index (χ0n) is 9.83. The Hall–Kier alpha value is -2.05. The first-order valence-electron chi connectivity index (χ1n) is 5.79. The highest BCUT2D eigenvalue weighted by molar-refractivity contribution is 5.80. The maximum atomic E-state index is 11.8.